The maximum Gasteiger partial charge on any atom is 0.255 e. The van der Waals surface area contributed by atoms with Crippen LogP contribution in [0.5, 0.6) is 17.2 Å². The largest absolute Gasteiger partial charge is 0.508 e. The zero-order chi connectivity index (χ0) is 46.0. The van der Waals surface area contributed by atoms with Gasteiger partial charge in [-0.3, -0.25) is 29.3 Å². The van der Waals surface area contributed by atoms with Crippen LogP contribution in [-0.2, 0) is 44.7 Å². The minimum atomic E-state index is -0.735. The molecule has 0 aliphatic carbocycles. The van der Waals surface area contributed by atoms with Crippen LogP contribution in [0.1, 0.15) is 71.6 Å². The average Bonchev–Trinajstić information content (AvgIpc) is 3.64. The van der Waals surface area contributed by atoms with Gasteiger partial charge in [0, 0.05) is 36.2 Å². The number of benzene rings is 4. The van der Waals surface area contributed by atoms with Crippen molar-refractivity contribution >= 4 is 46.4 Å². The third-order valence-corrected chi connectivity index (χ3v) is 10.8. The van der Waals surface area contributed by atoms with Gasteiger partial charge >= 0.3 is 0 Å². The summed E-state index contributed by atoms with van der Waals surface area (Å²) in [7, 11) is 0. The van der Waals surface area contributed by atoms with E-state index in [9.17, 15) is 34.2 Å². The average molecular weight is 893 g/mol. The van der Waals surface area contributed by atoms with Crippen LogP contribution in [0.3, 0.4) is 0 Å². The fraction of sp³-hybridized carbons (Fsp3) is 0.367. The summed E-state index contributed by atoms with van der Waals surface area (Å²) in [5.41, 5.74) is 6.56. The molecule has 0 spiro atoms. The van der Waals surface area contributed by atoms with Gasteiger partial charge in [0.15, 0.2) is 0 Å². The topological polar surface area (TPSA) is 211 Å². The van der Waals surface area contributed by atoms with Gasteiger partial charge in [0.25, 0.3) is 5.91 Å². The number of imide groups is 1. The number of amides is 5. The van der Waals surface area contributed by atoms with E-state index in [0.717, 1.165) is 34.3 Å². The lowest BCUT2D eigenvalue weighted by molar-refractivity contribution is -0.137. The van der Waals surface area contributed by atoms with Crippen molar-refractivity contribution in [3.05, 3.63) is 119 Å². The van der Waals surface area contributed by atoms with Crippen LogP contribution < -0.4 is 20.7 Å². The van der Waals surface area contributed by atoms with E-state index < -0.39 is 11.9 Å². The van der Waals surface area contributed by atoms with E-state index in [1.165, 1.54) is 4.90 Å². The number of piperidine rings is 1. The number of anilines is 1. The Morgan fingerprint density at radius 2 is 1.25 bits per heavy atom. The highest BCUT2D eigenvalue weighted by Crippen LogP contribution is 2.36. The van der Waals surface area contributed by atoms with Crippen LogP contribution in [0, 0.1) is 0 Å². The summed E-state index contributed by atoms with van der Waals surface area (Å²) in [6.07, 6.45) is 1.46. The van der Waals surface area contributed by atoms with Gasteiger partial charge in [-0.2, -0.15) is 0 Å². The van der Waals surface area contributed by atoms with E-state index in [1.54, 1.807) is 42.5 Å². The molecule has 1 fully saturated rings. The number of fused-ring (bicyclic) bond motifs is 1. The quantitative estimate of drug-likeness (QED) is 0.0330. The summed E-state index contributed by atoms with van der Waals surface area (Å²) in [6, 6.07) is 26.3. The number of allylic oxidation sites excluding steroid dienone is 1. The van der Waals surface area contributed by atoms with Gasteiger partial charge in [0.1, 0.15) is 29.9 Å². The van der Waals surface area contributed by atoms with Gasteiger partial charge in [-0.25, -0.2) is 0 Å². The molecule has 4 aromatic rings. The monoisotopic (exact) mass is 892 g/mol. The zero-order valence-electron chi connectivity index (χ0n) is 36.5. The van der Waals surface area contributed by atoms with E-state index in [1.807, 2.05) is 48.5 Å². The Bertz CT molecular complexity index is 2280. The third-order valence-electron chi connectivity index (χ3n) is 10.8. The molecule has 0 aromatic heterocycles. The predicted octanol–water partition coefficient (Wildman–Crippen LogP) is 5.21. The molecule has 6 rings (SSSR count). The van der Waals surface area contributed by atoms with E-state index >= 15 is 0 Å². The Balaban J connectivity index is 0.766. The molecule has 0 saturated carbocycles. The lowest BCUT2D eigenvalue weighted by Crippen LogP contribution is -2.52. The molecule has 1 atom stereocenters. The van der Waals surface area contributed by atoms with Crippen molar-refractivity contribution in [2.24, 2.45) is 0 Å². The normalized spacial score (nSPS) is 15.0. The van der Waals surface area contributed by atoms with Crippen molar-refractivity contribution in [2.75, 3.05) is 71.3 Å². The van der Waals surface area contributed by atoms with Gasteiger partial charge in [-0.1, -0.05) is 49.4 Å². The second kappa shape index (κ2) is 24.5. The van der Waals surface area contributed by atoms with Crippen LogP contribution in [0.2, 0.25) is 0 Å². The fourth-order valence-corrected chi connectivity index (χ4v) is 7.50. The number of aromatic hydroxyl groups is 2. The molecule has 1 saturated heterocycles. The molecular weight excluding hydrogens is 837 g/mol. The standard InChI is InChI=1S/C49H56N4O12/c1-2-39(33-6-12-36(54)13-7-33)47(34-8-14-37(55)15-9-34)35-10-16-38(17-11-35)65-25-22-50-44(56)20-23-61-26-28-63-30-31-64-29-27-62-24-21-46(58)51-42-5-3-4-40-41(42)32-53(49(40)60)43-18-19-45(57)52-48(43)59/h3-17,43,54-55H,2,18-32H2,1H3,(H,50,56)(H,51,58)(H,52,57,59). The Morgan fingerprint density at radius 3 is 1.83 bits per heavy atom. The molecular formula is C49H56N4O12. The first-order chi connectivity index (χ1) is 31.6. The number of carbonyl (C=O) groups is 5. The molecule has 65 heavy (non-hydrogen) atoms. The smallest absolute Gasteiger partial charge is 0.255 e. The maximum absolute atomic E-state index is 13.0. The molecule has 16 nitrogen and oxygen atoms in total. The second-order valence-corrected chi connectivity index (χ2v) is 15.3. The summed E-state index contributed by atoms with van der Waals surface area (Å²) >= 11 is 0. The number of ether oxygens (including phenoxy) is 5. The van der Waals surface area contributed by atoms with Crippen LogP contribution >= 0.6 is 0 Å². The number of hydrogen-bond donors (Lipinski definition) is 5. The summed E-state index contributed by atoms with van der Waals surface area (Å²) in [5.74, 6) is -0.538. The van der Waals surface area contributed by atoms with Crippen molar-refractivity contribution in [3.63, 3.8) is 0 Å². The molecule has 1 unspecified atom stereocenters. The van der Waals surface area contributed by atoms with Crippen LogP contribution in [0.25, 0.3) is 11.1 Å². The number of phenolic OH excluding ortho intramolecular Hbond substituents is 2. The van der Waals surface area contributed by atoms with Crippen LogP contribution in [0.15, 0.2) is 91.0 Å². The predicted molar refractivity (Wildman–Crippen MR) is 241 cm³/mol. The summed E-state index contributed by atoms with van der Waals surface area (Å²) in [4.78, 5) is 63.3. The van der Waals surface area contributed by atoms with Gasteiger partial charge < -0.3 is 49.4 Å². The van der Waals surface area contributed by atoms with Gasteiger partial charge in [-0.05, 0) is 89.2 Å². The van der Waals surface area contributed by atoms with E-state index in [0.29, 0.717) is 68.7 Å². The molecule has 2 aliphatic heterocycles. The van der Waals surface area contributed by atoms with Crippen molar-refractivity contribution < 1.29 is 57.9 Å². The number of carbonyl (C=O) groups excluding carboxylic acids is 5. The Kier molecular flexibility index (Phi) is 18.0. The molecule has 2 heterocycles. The summed E-state index contributed by atoms with van der Waals surface area (Å²) in [6.45, 7) is 5.29. The SMILES string of the molecule is CCC(=C(c1ccc(O)cc1)c1ccc(OCCNC(=O)CCOCCOCCOCCOCCC(=O)Nc2cccc3c2CN(C2CCC(=O)NC2=O)C3=O)cc1)c1ccc(O)cc1. The van der Waals surface area contributed by atoms with Gasteiger partial charge in [0.05, 0.1) is 65.8 Å². The third kappa shape index (κ3) is 13.9. The Hall–Kier alpha value is -6.59. The van der Waals surface area contributed by atoms with Crippen molar-refractivity contribution in [1.29, 1.82) is 0 Å². The highest BCUT2D eigenvalue weighted by Gasteiger charge is 2.40. The van der Waals surface area contributed by atoms with Gasteiger partial charge in [0.2, 0.25) is 23.6 Å². The minimum absolute atomic E-state index is 0.0956. The highest BCUT2D eigenvalue weighted by atomic mass is 16.6. The summed E-state index contributed by atoms with van der Waals surface area (Å²) in [5, 5.41) is 27.7. The molecule has 344 valence electrons. The first-order valence-corrected chi connectivity index (χ1v) is 21.8. The number of phenols is 2. The first kappa shape index (κ1) is 47.9. The van der Waals surface area contributed by atoms with Crippen LogP contribution in [-0.4, -0.2) is 117 Å². The number of nitrogens with zero attached hydrogens (tertiary/aromatic N) is 1. The lowest BCUT2D eigenvalue weighted by atomic mass is 9.88. The number of nitrogens with one attached hydrogen (secondary N) is 3. The first-order valence-electron chi connectivity index (χ1n) is 21.8. The van der Waals surface area contributed by atoms with E-state index in [2.05, 4.69) is 22.9 Å². The molecule has 0 bridgehead atoms. The molecule has 2 aliphatic rings. The minimum Gasteiger partial charge on any atom is -0.508 e. The second-order valence-electron chi connectivity index (χ2n) is 15.3. The maximum atomic E-state index is 13.0. The molecule has 0 radical (unpaired) electrons. The Morgan fingerprint density at radius 1 is 0.692 bits per heavy atom. The zero-order valence-corrected chi connectivity index (χ0v) is 36.5. The number of rotatable bonds is 25. The lowest BCUT2D eigenvalue weighted by Gasteiger charge is -2.29. The summed E-state index contributed by atoms with van der Waals surface area (Å²) < 4.78 is 28.0. The van der Waals surface area contributed by atoms with Crippen molar-refractivity contribution in [3.8, 4) is 17.2 Å². The molecule has 16 heteroatoms. The van der Waals surface area contributed by atoms with E-state index in [4.69, 9.17) is 23.7 Å². The molecule has 4 aromatic carbocycles. The van der Waals surface area contributed by atoms with E-state index in [-0.39, 0.29) is 87.2 Å². The van der Waals surface area contributed by atoms with Crippen molar-refractivity contribution in [2.45, 2.75) is 51.6 Å². The van der Waals surface area contributed by atoms with Crippen LogP contribution in [0.4, 0.5) is 5.69 Å². The molecule has 5 amide bonds. The fourth-order valence-electron chi connectivity index (χ4n) is 7.50. The van der Waals surface area contributed by atoms with Crippen molar-refractivity contribution in [1.82, 2.24) is 15.5 Å². The molecule has 5 N–H and O–H groups in total. The highest BCUT2D eigenvalue weighted by molar-refractivity contribution is 6.07. The van der Waals surface area contributed by atoms with Gasteiger partial charge in [-0.15, -0.1) is 0 Å². The number of hydrogen-bond acceptors (Lipinski definition) is 12. The Labute approximate surface area is 377 Å².